The van der Waals surface area contributed by atoms with Gasteiger partial charge in [0.1, 0.15) is 6.61 Å². The third-order valence-corrected chi connectivity index (χ3v) is 14.5. The molecule has 5 aliphatic carbocycles. The number of fused-ring (bicyclic) bond motifs is 7. The van der Waals surface area contributed by atoms with E-state index in [1.54, 1.807) is 0 Å². The fraction of sp³-hybridized carbons (Fsp3) is 0.757. The summed E-state index contributed by atoms with van der Waals surface area (Å²) >= 11 is 0. The average molecular weight is 563 g/mol. The molecule has 41 heavy (non-hydrogen) atoms. The van der Waals surface area contributed by atoms with Gasteiger partial charge in [-0.25, -0.2) is 0 Å². The molecule has 4 nitrogen and oxygen atoms in total. The fourth-order valence-electron chi connectivity index (χ4n) is 11.8. The third-order valence-electron chi connectivity index (χ3n) is 14.5. The lowest BCUT2D eigenvalue weighted by atomic mass is 9.33. The standard InChI is InChI=1S/C37H54O4/c1-23-15-18-37(32(40)41-22-25-11-9-8-10-12-25)20-19-35(6)26(30(37)24(23)2)13-14-29-34(5)21-27(38)31(39)33(3,4)28(34)16-17-36(29,35)7/h8-13,23-24,27-31,38-39H,14-22H2,1-7H3/t23-,24+,27-,28+,29-,30+,31-,34+,35-,36-,37+/m1/s1. The molecule has 4 heteroatoms. The molecule has 4 fully saturated rings. The quantitative estimate of drug-likeness (QED) is 0.292. The van der Waals surface area contributed by atoms with Crippen LogP contribution in [0, 0.1) is 56.7 Å². The van der Waals surface area contributed by atoms with Crippen LogP contribution in [0.5, 0.6) is 0 Å². The van der Waals surface area contributed by atoms with Crippen LogP contribution in [0.2, 0.25) is 0 Å². The molecule has 0 aromatic heterocycles. The second kappa shape index (κ2) is 9.68. The van der Waals surface area contributed by atoms with Crippen molar-refractivity contribution in [1.29, 1.82) is 0 Å². The molecule has 0 bridgehead atoms. The monoisotopic (exact) mass is 562 g/mol. The first-order valence-corrected chi connectivity index (χ1v) is 16.5. The van der Waals surface area contributed by atoms with E-state index in [4.69, 9.17) is 4.74 Å². The maximum absolute atomic E-state index is 14.2. The number of hydrogen-bond acceptors (Lipinski definition) is 4. The summed E-state index contributed by atoms with van der Waals surface area (Å²) in [5.41, 5.74) is 1.89. The van der Waals surface area contributed by atoms with Crippen LogP contribution >= 0.6 is 0 Å². The Balaban J connectivity index is 1.38. The van der Waals surface area contributed by atoms with Crippen LogP contribution in [-0.4, -0.2) is 28.4 Å². The lowest BCUT2D eigenvalue weighted by Crippen LogP contribution is -2.67. The van der Waals surface area contributed by atoms with E-state index in [1.165, 1.54) is 5.57 Å². The molecule has 0 heterocycles. The number of ether oxygens (including phenoxy) is 1. The molecule has 11 atom stereocenters. The molecule has 0 amide bonds. The molecule has 4 saturated carbocycles. The minimum absolute atomic E-state index is 0.00819. The highest BCUT2D eigenvalue weighted by atomic mass is 16.5. The Morgan fingerprint density at radius 1 is 0.927 bits per heavy atom. The van der Waals surface area contributed by atoms with Gasteiger partial charge in [-0.15, -0.1) is 0 Å². The van der Waals surface area contributed by atoms with Gasteiger partial charge in [0.2, 0.25) is 0 Å². The van der Waals surface area contributed by atoms with Gasteiger partial charge in [0.25, 0.3) is 0 Å². The first kappa shape index (κ1) is 29.4. The van der Waals surface area contributed by atoms with E-state index in [1.807, 2.05) is 30.3 Å². The first-order chi connectivity index (χ1) is 19.2. The van der Waals surface area contributed by atoms with Crippen LogP contribution < -0.4 is 0 Å². The van der Waals surface area contributed by atoms with Crippen LogP contribution in [0.1, 0.15) is 105 Å². The van der Waals surface area contributed by atoms with E-state index >= 15 is 0 Å². The van der Waals surface area contributed by atoms with E-state index in [0.717, 1.165) is 50.5 Å². The highest BCUT2D eigenvalue weighted by molar-refractivity contribution is 5.79. The number of carbonyl (C=O) groups excluding carboxylic acids is 1. The number of benzene rings is 1. The van der Waals surface area contributed by atoms with E-state index in [-0.39, 0.29) is 33.5 Å². The Kier molecular flexibility index (Phi) is 6.95. The van der Waals surface area contributed by atoms with Crippen LogP contribution in [0.4, 0.5) is 0 Å². The molecular formula is C37H54O4. The molecule has 5 aliphatic rings. The Bertz CT molecular complexity index is 1200. The highest BCUT2D eigenvalue weighted by Crippen LogP contribution is 2.75. The van der Waals surface area contributed by atoms with Gasteiger partial charge in [-0.2, -0.15) is 0 Å². The Labute approximate surface area is 248 Å². The van der Waals surface area contributed by atoms with E-state index in [0.29, 0.717) is 36.7 Å². The van der Waals surface area contributed by atoms with E-state index < -0.39 is 17.6 Å². The molecule has 0 saturated heterocycles. The summed E-state index contributed by atoms with van der Waals surface area (Å²) < 4.78 is 6.17. The second-order valence-electron chi connectivity index (χ2n) is 16.4. The number of esters is 1. The number of rotatable bonds is 3. The summed E-state index contributed by atoms with van der Waals surface area (Å²) in [6.45, 7) is 17.0. The number of aliphatic hydroxyl groups excluding tert-OH is 2. The molecule has 226 valence electrons. The van der Waals surface area contributed by atoms with E-state index in [2.05, 4.69) is 54.5 Å². The van der Waals surface area contributed by atoms with Crippen LogP contribution in [0.25, 0.3) is 0 Å². The second-order valence-corrected chi connectivity index (χ2v) is 16.4. The normalized spacial score (nSPS) is 48.5. The maximum Gasteiger partial charge on any atom is 0.313 e. The Hall–Kier alpha value is -1.65. The smallest absolute Gasteiger partial charge is 0.313 e. The molecule has 0 aliphatic heterocycles. The van der Waals surface area contributed by atoms with Gasteiger partial charge in [0, 0.05) is 0 Å². The Morgan fingerprint density at radius 3 is 2.34 bits per heavy atom. The van der Waals surface area contributed by atoms with Crippen LogP contribution in [0.15, 0.2) is 42.0 Å². The van der Waals surface area contributed by atoms with Crippen molar-refractivity contribution in [2.45, 2.75) is 119 Å². The van der Waals surface area contributed by atoms with Crippen molar-refractivity contribution < 1.29 is 19.7 Å². The van der Waals surface area contributed by atoms with Gasteiger partial charge in [0.15, 0.2) is 0 Å². The topological polar surface area (TPSA) is 66.8 Å². The fourth-order valence-corrected chi connectivity index (χ4v) is 11.8. The van der Waals surface area contributed by atoms with Crippen molar-refractivity contribution in [3.8, 4) is 0 Å². The van der Waals surface area contributed by atoms with Crippen molar-refractivity contribution in [3.63, 3.8) is 0 Å². The highest BCUT2D eigenvalue weighted by Gasteiger charge is 2.70. The molecule has 0 spiro atoms. The van der Waals surface area contributed by atoms with Crippen molar-refractivity contribution in [3.05, 3.63) is 47.5 Å². The van der Waals surface area contributed by atoms with Gasteiger partial charge < -0.3 is 14.9 Å². The summed E-state index contributed by atoms with van der Waals surface area (Å²) in [5, 5.41) is 22.1. The van der Waals surface area contributed by atoms with Gasteiger partial charge in [-0.3, -0.25) is 4.79 Å². The van der Waals surface area contributed by atoms with Crippen molar-refractivity contribution >= 4 is 5.97 Å². The summed E-state index contributed by atoms with van der Waals surface area (Å²) in [7, 11) is 0. The van der Waals surface area contributed by atoms with Crippen LogP contribution in [-0.2, 0) is 16.1 Å². The van der Waals surface area contributed by atoms with Gasteiger partial charge in [-0.1, -0.05) is 90.4 Å². The summed E-state index contributed by atoms with van der Waals surface area (Å²) in [6.07, 6.45) is 9.03. The zero-order valence-electron chi connectivity index (χ0n) is 26.6. The SMILES string of the molecule is C[C@H]1[C@H](C)CC[C@]2(C(=O)OCc3ccccc3)CC[C@]3(C)C(=CC[C@@H]4[C@@]5(C)C[C@@H](O)[C@@H](O)C(C)(C)[C@@H]5CC[C@]43C)[C@H]12. The molecule has 1 aromatic rings. The molecule has 1 aromatic carbocycles. The lowest BCUT2D eigenvalue weighted by Gasteiger charge is -2.71. The van der Waals surface area contributed by atoms with Crippen molar-refractivity contribution in [1.82, 2.24) is 0 Å². The third kappa shape index (κ3) is 3.94. The number of carbonyl (C=O) groups is 1. The molecule has 2 N–H and O–H groups in total. The zero-order valence-corrected chi connectivity index (χ0v) is 26.6. The number of hydrogen-bond donors (Lipinski definition) is 2. The maximum atomic E-state index is 14.2. The zero-order chi connectivity index (χ0) is 29.6. The van der Waals surface area contributed by atoms with Crippen LogP contribution in [0.3, 0.4) is 0 Å². The minimum atomic E-state index is -0.676. The van der Waals surface area contributed by atoms with Gasteiger partial charge in [0.05, 0.1) is 17.6 Å². The predicted molar refractivity (Wildman–Crippen MR) is 163 cm³/mol. The molecule has 0 radical (unpaired) electrons. The molecule has 0 unspecified atom stereocenters. The average Bonchev–Trinajstić information content (AvgIpc) is 2.93. The summed E-state index contributed by atoms with van der Waals surface area (Å²) in [4.78, 5) is 14.2. The first-order valence-electron chi connectivity index (χ1n) is 16.5. The van der Waals surface area contributed by atoms with Gasteiger partial charge >= 0.3 is 5.97 Å². The molecule has 6 rings (SSSR count). The predicted octanol–water partition coefficient (Wildman–Crippen LogP) is 7.72. The number of allylic oxidation sites excluding steroid dienone is 2. The van der Waals surface area contributed by atoms with Crippen molar-refractivity contribution in [2.24, 2.45) is 56.7 Å². The summed E-state index contributed by atoms with van der Waals surface area (Å²) in [5.74, 6) is 2.06. The van der Waals surface area contributed by atoms with E-state index in [9.17, 15) is 15.0 Å². The largest absolute Gasteiger partial charge is 0.460 e. The summed E-state index contributed by atoms with van der Waals surface area (Å²) in [6, 6.07) is 10.1. The Morgan fingerprint density at radius 2 is 1.63 bits per heavy atom. The van der Waals surface area contributed by atoms with Crippen molar-refractivity contribution in [2.75, 3.05) is 0 Å². The van der Waals surface area contributed by atoms with Gasteiger partial charge in [-0.05, 0) is 108 Å². The number of aliphatic hydroxyl groups is 2. The molecular weight excluding hydrogens is 508 g/mol. The minimum Gasteiger partial charge on any atom is -0.460 e. The lowest BCUT2D eigenvalue weighted by molar-refractivity contribution is -0.232.